The Bertz CT molecular complexity index is 1180. The predicted molar refractivity (Wildman–Crippen MR) is 172 cm³/mol. The van der Waals surface area contributed by atoms with E-state index in [-0.39, 0.29) is 41.9 Å². The fourth-order valence-electron chi connectivity index (χ4n) is 8.82. The van der Waals surface area contributed by atoms with E-state index in [4.69, 9.17) is 23.7 Å². The van der Waals surface area contributed by atoms with Crippen LogP contribution in [0.3, 0.4) is 0 Å². The zero-order chi connectivity index (χ0) is 31.2. The van der Waals surface area contributed by atoms with E-state index in [9.17, 15) is 4.79 Å². The molecule has 0 unspecified atom stereocenters. The van der Waals surface area contributed by atoms with Crippen molar-refractivity contribution in [3.63, 3.8) is 0 Å². The summed E-state index contributed by atoms with van der Waals surface area (Å²) in [5.41, 5.74) is 0.376. The van der Waals surface area contributed by atoms with Crippen molar-refractivity contribution in [2.75, 3.05) is 13.2 Å². The molecule has 1 amide bonds. The lowest BCUT2D eigenvalue weighted by Crippen LogP contribution is -2.61. The number of piperidine rings is 1. The van der Waals surface area contributed by atoms with Crippen LogP contribution in [-0.2, 0) is 23.7 Å². The Hall–Kier alpha value is -1.58. The van der Waals surface area contributed by atoms with E-state index in [1.165, 1.54) is 4.90 Å². The molecule has 5 aliphatic rings. The van der Waals surface area contributed by atoms with E-state index in [0.29, 0.717) is 49.7 Å². The molecule has 0 aliphatic carbocycles. The van der Waals surface area contributed by atoms with E-state index < -0.39 is 11.5 Å². The normalized spacial score (nSPS) is 43.5. The Morgan fingerprint density at radius 1 is 0.977 bits per heavy atom. The van der Waals surface area contributed by atoms with Crippen LogP contribution in [0.2, 0.25) is 0 Å². The Labute approximate surface area is 268 Å². The van der Waals surface area contributed by atoms with Crippen molar-refractivity contribution in [2.24, 2.45) is 29.6 Å². The molecule has 0 N–H and O–H groups in total. The van der Waals surface area contributed by atoms with E-state index in [2.05, 4.69) is 71.5 Å². The van der Waals surface area contributed by atoms with Gasteiger partial charge in [0.2, 0.25) is 0 Å². The molecule has 12 atom stereocenters. The first-order valence-corrected chi connectivity index (χ1v) is 17.9. The van der Waals surface area contributed by atoms with Gasteiger partial charge in [0.15, 0.2) is 11.5 Å². The first-order chi connectivity index (χ1) is 21.0. The minimum Gasteiger partial charge on any atom is -0.449 e. The van der Waals surface area contributed by atoms with Crippen LogP contribution in [0, 0.1) is 29.6 Å². The van der Waals surface area contributed by atoms with Crippen molar-refractivity contribution in [1.29, 1.82) is 0 Å². The van der Waals surface area contributed by atoms with E-state index in [0.717, 1.165) is 37.7 Å². The highest BCUT2D eigenvalue weighted by molar-refractivity contribution is 7.99. The topological polar surface area (TPSA) is 66.5 Å². The number of carbonyl (C=O) groups is 1. The number of fused-ring (bicyclic) bond motifs is 4. The number of amides is 1. The lowest BCUT2D eigenvalue weighted by atomic mass is 9.78. The van der Waals surface area contributed by atoms with E-state index in [1.54, 1.807) is 11.8 Å². The maximum Gasteiger partial charge on any atom is 0.412 e. The zero-order valence-corrected chi connectivity index (χ0v) is 28.4. The molecule has 5 aliphatic heterocycles. The summed E-state index contributed by atoms with van der Waals surface area (Å²) in [6.45, 7) is 19.0. The minimum absolute atomic E-state index is 0.0581. The molecule has 8 heteroatoms. The second-order valence-corrected chi connectivity index (χ2v) is 15.9. The van der Waals surface area contributed by atoms with Gasteiger partial charge in [-0.25, -0.2) is 4.79 Å². The fourth-order valence-corrected chi connectivity index (χ4v) is 9.92. The van der Waals surface area contributed by atoms with Crippen molar-refractivity contribution < 1.29 is 28.5 Å². The molecule has 0 aromatic heterocycles. The number of benzene rings is 1. The highest BCUT2D eigenvalue weighted by Gasteiger charge is 2.64. The summed E-state index contributed by atoms with van der Waals surface area (Å²) in [6.07, 6.45) is 5.06. The van der Waals surface area contributed by atoms with Gasteiger partial charge in [-0.2, -0.15) is 0 Å². The average Bonchev–Trinajstić information content (AvgIpc) is 3.35. The SMILES string of the molecule is C=C(C[C@@]12C[C@@H](C)C[C@@H](O1)[C@H]1O[C@@]3(C[C@H]1O2)[C@@H](C)C[C@@H](C)CN3C(=O)OCCC)[C@H]1O[C@@H](Sc2ccccc2)[C@H](C)C[C@@H]1C. The Morgan fingerprint density at radius 3 is 2.48 bits per heavy atom. The van der Waals surface area contributed by atoms with Gasteiger partial charge < -0.3 is 23.7 Å². The molecule has 0 radical (unpaired) electrons. The summed E-state index contributed by atoms with van der Waals surface area (Å²) in [5, 5.41) is 0. The summed E-state index contributed by atoms with van der Waals surface area (Å²) < 4.78 is 33.4. The number of ether oxygens (including phenoxy) is 5. The highest BCUT2D eigenvalue weighted by atomic mass is 32.2. The Kier molecular flexibility index (Phi) is 9.49. The number of nitrogens with zero attached hydrogens (tertiary/aromatic N) is 1. The second kappa shape index (κ2) is 12.9. The molecule has 2 bridgehead atoms. The third-order valence-electron chi connectivity index (χ3n) is 10.6. The van der Waals surface area contributed by atoms with Crippen LogP contribution in [0.25, 0.3) is 0 Å². The summed E-state index contributed by atoms with van der Waals surface area (Å²) in [6, 6.07) is 10.5. The Morgan fingerprint density at radius 2 is 1.73 bits per heavy atom. The largest absolute Gasteiger partial charge is 0.449 e. The molecular weight excluding hydrogens is 574 g/mol. The lowest BCUT2D eigenvalue weighted by molar-refractivity contribution is -0.365. The van der Waals surface area contributed by atoms with Crippen LogP contribution in [-0.4, -0.2) is 65.5 Å². The van der Waals surface area contributed by atoms with Gasteiger partial charge in [-0.05, 0) is 67.1 Å². The van der Waals surface area contributed by atoms with Gasteiger partial charge in [0.1, 0.15) is 11.5 Å². The monoisotopic (exact) mass is 627 g/mol. The summed E-state index contributed by atoms with van der Waals surface area (Å²) >= 11 is 1.81. The van der Waals surface area contributed by atoms with Gasteiger partial charge >= 0.3 is 6.09 Å². The van der Waals surface area contributed by atoms with Crippen molar-refractivity contribution >= 4 is 17.9 Å². The summed E-state index contributed by atoms with van der Waals surface area (Å²) in [4.78, 5) is 16.5. The molecule has 5 saturated heterocycles. The zero-order valence-electron chi connectivity index (χ0n) is 27.5. The number of hydrogen-bond acceptors (Lipinski definition) is 7. The maximum absolute atomic E-state index is 13.4. The van der Waals surface area contributed by atoms with Gasteiger partial charge in [-0.1, -0.05) is 78.1 Å². The van der Waals surface area contributed by atoms with Crippen LogP contribution in [0.1, 0.15) is 86.5 Å². The number of hydrogen-bond donors (Lipinski definition) is 0. The van der Waals surface area contributed by atoms with Gasteiger partial charge in [-0.15, -0.1) is 0 Å². The van der Waals surface area contributed by atoms with Crippen molar-refractivity contribution in [2.45, 2.75) is 133 Å². The molecule has 6 rings (SSSR count). The first-order valence-electron chi connectivity index (χ1n) is 17.0. The quantitative estimate of drug-likeness (QED) is 0.284. The lowest BCUT2D eigenvalue weighted by Gasteiger charge is -2.52. The number of rotatable bonds is 7. The van der Waals surface area contributed by atoms with Crippen LogP contribution in [0.4, 0.5) is 4.79 Å². The van der Waals surface area contributed by atoms with Gasteiger partial charge in [0, 0.05) is 36.6 Å². The molecule has 1 aromatic carbocycles. The van der Waals surface area contributed by atoms with Crippen molar-refractivity contribution in [1.82, 2.24) is 4.90 Å². The maximum atomic E-state index is 13.4. The van der Waals surface area contributed by atoms with Gasteiger partial charge in [0.05, 0.1) is 24.9 Å². The third kappa shape index (κ3) is 6.23. The van der Waals surface area contributed by atoms with Crippen LogP contribution < -0.4 is 0 Å². The Balaban J connectivity index is 1.20. The average molecular weight is 628 g/mol. The molecule has 7 nitrogen and oxygen atoms in total. The molecular formula is C36H53NO6S. The molecule has 5 fully saturated rings. The number of likely N-dealkylation sites (tertiary alicyclic amines) is 1. The minimum atomic E-state index is -0.761. The fraction of sp³-hybridized carbons (Fsp3) is 0.750. The highest BCUT2D eigenvalue weighted by Crippen LogP contribution is 2.55. The molecule has 1 aromatic rings. The summed E-state index contributed by atoms with van der Waals surface area (Å²) in [7, 11) is 0. The van der Waals surface area contributed by atoms with Gasteiger partial charge in [0.25, 0.3) is 0 Å². The third-order valence-corrected chi connectivity index (χ3v) is 12.0. The molecule has 244 valence electrons. The number of thioether (sulfide) groups is 1. The summed E-state index contributed by atoms with van der Waals surface area (Å²) in [5.74, 6) is 1.01. The van der Waals surface area contributed by atoms with Crippen molar-refractivity contribution in [3.05, 3.63) is 42.5 Å². The van der Waals surface area contributed by atoms with Gasteiger partial charge in [-0.3, -0.25) is 4.90 Å². The van der Waals surface area contributed by atoms with Crippen LogP contribution >= 0.6 is 11.8 Å². The number of carbonyl (C=O) groups excluding carboxylic acids is 1. The predicted octanol–water partition coefficient (Wildman–Crippen LogP) is 8.03. The first kappa shape index (κ1) is 32.4. The van der Waals surface area contributed by atoms with Crippen LogP contribution in [0.5, 0.6) is 0 Å². The molecule has 1 spiro atoms. The van der Waals surface area contributed by atoms with E-state index in [1.807, 2.05) is 11.8 Å². The smallest absolute Gasteiger partial charge is 0.412 e. The van der Waals surface area contributed by atoms with E-state index >= 15 is 0 Å². The van der Waals surface area contributed by atoms with Crippen molar-refractivity contribution in [3.8, 4) is 0 Å². The molecule has 44 heavy (non-hydrogen) atoms. The second-order valence-electron chi connectivity index (χ2n) is 14.7. The molecule has 0 saturated carbocycles. The molecule has 5 heterocycles. The standard InChI is InChI=1S/C36H53NO6S/c1-8-14-39-34(38)37-21-23(3)15-27(7)36(37)20-30-32(43-36)29-16-22(2)18-35(41-29,42-30)19-26(6)31-24(4)17-25(5)33(40-31)44-28-12-10-9-11-13-28/h9-13,22-25,27,29-33H,6,8,14-21H2,1-5,7H3/t22-,23+,24-,25+,27-,29+,30+,31-,32+,33-,35-,36-/m0/s1. The van der Waals surface area contributed by atoms with Crippen LogP contribution in [0.15, 0.2) is 47.4 Å².